The number of hydrogen-bond donors (Lipinski definition) is 3. The SMILES string of the molecule is CC(C)(NC(=O)CC(C(=O)O)n1c(-c2ccc(Cl)cc2)n[nH]c1=O)c1cccc(C(F)(F)F)c1. The number of carbonyl (C=O) groups is 2. The number of H-pyrrole nitrogens is 1. The van der Waals surface area contributed by atoms with Crippen LogP contribution in [0.25, 0.3) is 11.4 Å². The van der Waals surface area contributed by atoms with E-state index in [9.17, 15) is 32.7 Å². The normalized spacial score (nSPS) is 12.9. The van der Waals surface area contributed by atoms with E-state index in [0.717, 1.165) is 16.7 Å². The van der Waals surface area contributed by atoms with E-state index < -0.39 is 47.3 Å². The molecule has 0 aliphatic rings. The minimum atomic E-state index is -4.56. The van der Waals surface area contributed by atoms with Crippen LogP contribution < -0.4 is 11.0 Å². The Morgan fingerprint density at radius 3 is 2.35 bits per heavy atom. The number of hydrogen-bond acceptors (Lipinski definition) is 4. The van der Waals surface area contributed by atoms with Gasteiger partial charge >= 0.3 is 17.8 Å². The second-order valence-corrected chi connectivity index (χ2v) is 8.48. The summed E-state index contributed by atoms with van der Waals surface area (Å²) >= 11 is 5.87. The Bertz CT molecular complexity index is 1270. The van der Waals surface area contributed by atoms with Gasteiger partial charge in [-0.1, -0.05) is 23.7 Å². The summed E-state index contributed by atoms with van der Waals surface area (Å²) in [7, 11) is 0. The highest BCUT2D eigenvalue weighted by Crippen LogP contribution is 2.32. The van der Waals surface area contributed by atoms with Crippen molar-refractivity contribution in [3.05, 3.63) is 75.2 Å². The third-order valence-electron chi connectivity index (χ3n) is 5.15. The Morgan fingerprint density at radius 1 is 1.15 bits per heavy atom. The Kier molecular flexibility index (Phi) is 6.87. The molecule has 2 aromatic carbocycles. The molecule has 34 heavy (non-hydrogen) atoms. The predicted octanol–water partition coefficient (Wildman–Crippen LogP) is 3.98. The summed E-state index contributed by atoms with van der Waals surface area (Å²) in [5.74, 6) is -2.27. The lowest BCUT2D eigenvalue weighted by Gasteiger charge is -2.28. The third-order valence-corrected chi connectivity index (χ3v) is 5.40. The topological polar surface area (TPSA) is 117 Å². The van der Waals surface area contributed by atoms with Gasteiger partial charge in [0.25, 0.3) is 0 Å². The van der Waals surface area contributed by atoms with Gasteiger partial charge in [-0.05, 0) is 55.8 Å². The number of benzene rings is 2. The van der Waals surface area contributed by atoms with Crippen molar-refractivity contribution in [2.45, 2.75) is 38.0 Å². The molecule has 1 aromatic heterocycles. The van der Waals surface area contributed by atoms with Crippen LogP contribution in [0.5, 0.6) is 0 Å². The van der Waals surface area contributed by atoms with E-state index >= 15 is 0 Å². The largest absolute Gasteiger partial charge is 0.480 e. The van der Waals surface area contributed by atoms with Crippen LogP contribution >= 0.6 is 11.6 Å². The molecule has 0 bridgehead atoms. The van der Waals surface area contributed by atoms with E-state index in [0.29, 0.717) is 10.6 Å². The van der Waals surface area contributed by atoms with E-state index in [2.05, 4.69) is 15.5 Å². The first kappa shape index (κ1) is 25.0. The summed E-state index contributed by atoms with van der Waals surface area (Å²) < 4.78 is 40.1. The van der Waals surface area contributed by atoms with Crippen molar-refractivity contribution in [1.29, 1.82) is 0 Å². The van der Waals surface area contributed by atoms with Crippen LogP contribution in [0.1, 0.15) is 37.4 Å². The van der Waals surface area contributed by atoms with Gasteiger partial charge in [-0.15, -0.1) is 0 Å². The number of aliphatic carboxylic acids is 1. The number of carboxylic acids is 1. The number of carbonyl (C=O) groups excluding carboxylic acids is 1. The second-order valence-electron chi connectivity index (χ2n) is 8.04. The average molecular weight is 497 g/mol. The Hall–Kier alpha value is -3.60. The Balaban J connectivity index is 1.87. The number of rotatable bonds is 7. The van der Waals surface area contributed by atoms with E-state index in [1.54, 1.807) is 0 Å². The van der Waals surface area contributed by atoms with Crippen molar-refractivity contribution in [3.8, 4) is 11.4 Å². The van der Waals surface area contributed by atoms with E-state index in [-0.39, 0.29) is 11.4 Å². The molecule has 0 aliphatic carbocycles. The fourth-order valence-electron chi connectivity index (χ4n) is 3.42. The van der Waals surface area contributed by atoms with Gasteiger partial charge in [0.2, 0.25) is 5.91 Å². The van der Waals surface area contributed by atoms with E-state index in [1.165, 1.54) is 50.2 Å². The molecule has 3 aromatic rings. The molecule has 1 unspecified atom stereocenters. The van der Waals surface area contributed by atoms with Gasteiger partial charge in [0.1, 0.15) is 6.04 Å². The lowest BCUT2D eigenvalue weighted by Crippen LogP contribution is -2.43. The molecule has 1 heterocycles. The lowest BCUT2D eigenvalue weighted by molar-refractivity contribution is -0.143. The number of alkyl halides is 3. The summed E-state index contributed by atoms with van der Waals surface area (Å²) in [5.41, 5.74) is -2.43. The fraction of sp³-hybridized carbons (Fsp3) is 0.273. The van der Waals surface area contributed by atoms with Crippen LogP contribution in [0.15, 0.2) is 53.3 Å². The molecule has 0 fully saturated rings. The third kappa shape index (κ3) is 5.48. The monoisotopic (exact) mass is 496 g/mol. The zero-order valence-electron chi connectivity index (χ0n) is 18.0. The molecule has 0 spiro atoms. The van der Waals surface area contributed by atoms with Gasteiger partial charge in [-0.3, -0.25) is 9.36 Å². The van der Waals surface area contributed by atoms with Gasteiger partial charge in [0.15, 0.2) is 5.82 Å². The molecule has 1 amide bonds. The van der Waals surface area contributed by atoms with Crippen LogP contribution in [0.2, 0.25) is 5.02 Å². The van der Waals surface area contributed by atoms with Crippen molar-refractivity contribution < 1.29 is 27.9 Å². The van der Waals surface area contributed by atoms with Gasteiger partial charge in [-0.25, -0.2) is 14.7 Å². The Morgan fingerprint density at radius 2 is 1.76 bits per heavy atom. The van der Waals surface area contributed by atoms with Crippen molar-refractivity contribution >= 4 is 23.5 Å². The molecule has 0 saturated heterocycles. The molecule has 0 aliphatic heterocycles. The number of aromatic amines is 1. The summed E-state index contributed by atoms with van der Waals surface area (Å²) in [5, 5.41) is 18.8. The maximum atomic E-state index is 13.1. The molecule has 0 saturated carbocycles. The summed E-state index contributed by atoms with van der Waals surface area (Å²) in [6.07, 6.45) is -5.23. The highest BCUT2D eigenvalue weighted by atomic mass is 35.5. The number of amides is 1. The van der Waals surface area contributed by atoms with Gasteiger partial charge in [0, 0.05) is 10.6 Å². The molecule has 3 N–H and O–H groups in total. The quantitative estimate of drug-likeness (QED) is 0.457. The van der Waals surface area contributed by atoms with Gasteiger partial charge in [0.05, 0.1) is 17.5 Å². The van der Waals surface area contributed by atoms with Crippen LogP contribution in [0.3, 0.4) is 0 Å². The smallest absolute Gasteiger partial charge is 0.416 e. The first-order valence-electron chi connectivity index (χ1n) is 9.94. The molecule has 0 radical (unpaired) electrons. The van der Waals surface area contributed by atoms with Crippen molar-refractivity contribution in [3.63, 3.8) is 0 Å². The molecule has 3 rings (SSSR count). The molecule has 8 nitrogen and oxygen atoms in total. The molecule has 1 atom stereocenters. The first-order chi connectivity index (χ1) is 15.8. The highest BCUT2D eigenvalue weighted by molar-refractivity contribution is 6.30. The molecular formula is C22H20ClF3N4O4. The van der Waals surface area contributed by atoms with E-state index in [1.807, 2.05) is 0 Å². The first-order valence-corrected chi connectivity index (χ1v) is 10.3. The maximum absolute atomic E-state index is 13.1. The molecule has 180 valence electrons. The molecule has 12 heteroatoms. The second kappa shape index (κ2) is 9.34. The van der Waals surface area contributed by atoms with Crippen molar-refractivity contribution in [1.82, 2.24) is 20.1 Å². The number of halogens is 4. The van der Waals surface area contributed by atoms with Crippen molar-refractivity contribution in [2.24, 2.45) is 0 Å². The van der Waals surface area contributed by atoms with Crippen LogP contribution in [-0.4, -0.2) is 31.7 Å². The standard InChI is InChI=1S/C22H20ClF3N4O4/c1-21(2,13-4-3-5-14(10-13)22(24,25)26)27-17(31)11-16(19(32)33)30-18(28-29-20(30)34)12-6-8-15(23)9-7-12/h3-10,16H,11H2,1-2H3,(H,27,31)(H,29,34)(H,32,33). The minimum absolute atomic E-state index is 0.0148. The summed E-state index contributed by atoms with van der Waals surface area (Å²) in [4.78, 5) is 37.1. The summed E-state index contributed by atoms with van der Waals surface area (Å²) in [6, 6.07) is 8.95. The zero-order chi connectivity index (χ0) is 25.3. The fourth-order valence-corrected chi connectivity index (χ4v) is 3.54. The molecular weight excluding hydrogens is 477 g/mol. The lowest BCUT2D eigenvalue weighted by atomic mass is 9.92. The minimum Gasteiger partial charge on any atom is -0.480 e. The summed E-state index contributed by atoms with van der Waals surface area (Å²) in [6.45, 7) is 2.97. The number of nitrogens with zero attached hydrogens (tertiary/aromatic N) is 2. The number of carboxylic acid groups (broad SMARTS) is 1. The Labute approximate surface area is 196 Å². The van der Waals surface area contributed by atoms with E-state index in [4.69, 9.17) is 11.6 Å². The zero-order valence-corrected chi connectivity index (χ0v) is 18.7. The van der Waals surface area contributed by atoms with Gasteiger partial charge < -0.3 is 10.4 Å². The number of nitrogens with one attached hydrogen (secondary N) is 2. The van der Waals surface area contributed by atoms with Crippen molar-refractivity contribution in [2.75, 3.05) is 0 Å². The number of aromatic nitrogens is 3. The van der Waals surface area contributed by atoms with Crippen LogP contribution in [0.4, 0.5) is 13.2 Å². The van der Waals surface area contributed by atoms with Crippen LogP contribution in [0, 0.1) is 0 Å². The predicted molar refractivity (Wildman–Crippen MR) is 117 cm³/mol. The highest BCUT2D eigenvalue weighted by Gasteiger charge is 2.34. The maximum Gasteiger partial charge on any atom is 0.416 e. The average Bonchev–Trinajstić information content (AvgIpc) is 3.12. The van der Waals surface area contributed by atoms with Crippen LogP contribution in [-0.2, 0) is 21.3 Å². The van der Waals surface area contributed by atoms with Gasteiger partial charge in [-0.2, -0.15) is 18.3 Å².